The molecule has 0 unspecified atom stereocenters. The number of nitrogens with one attached hydrogen (secondary N) is 4. The molecule has 1 aliphatic carbocycles. The van der Waals surface area contributed by atoms with Crippen molar-refractivity contribution in [3.8, 4) is 22.8 Å². The van der Waals surface area contributed by atoms with Gasteiger partial charge in [0.1, 0.15) is 0 Å². The number of carbonyl (C=O) groups excluding carboxylic acids is 2. The number of pyridine rings is 1. The van der Waals surface area contributed by atoms with E-state index in [1.54, 1.807) is 60.8 Å². The summed E-state index contributed by atoms with van der Waals surface area (Å²) in [5, 5.41) is 12.8. The van der Waals surface area contributed by atoms with E-state index >= 15 is 0 Å². The van der Waals surface area contributed by atoms with Crippen molar-refractivity contribution in [1.82, 2.24) is 20.4 Å². The SMILES string of the molecule is O=C(Nc1ccc(S(=O)(=O)Nc2cccc(-c3nc(-c4ccc(NC(=O)c5cccnc5)cc4Cl)no3)c2)cc1)NC1CCCC1. The van der Waals surface area contributed by atoms with Crippen molar-refractivity contribution in [2.45, 2.75) is 36.6 Å². The van der Waals surface area contributed by atoms with Crippen molar-refractivity contribution >= 4 is 50.6 Å². The topological polar surface area (TPSA) is 168 Å². The Hall–Kier alpha value is -5.27. The van der Waals surface area contributed by atoms with E-state index in [0.29, 0.717) is 28.1 Å². The van der Waals surface area contributed by atoms with Gasteiger partial charge in [0.2, 0.25) is 5.82 Å². The van der Waals surface area contributed by atoms with Crippen LogP contribution >= 0.6 is 11.6 Å². The molecule has 2 heterocycles. The molecular formula is C32H28ClN7O5S. The number of rotatable bonds is 9. The zero-order valence-corrected chi connectivity index (χ0v) is 25.8. The molecule has 0 atom stereocenters. The van der Waals surface area contributed by atoms with Crippen LogP contribution in [0.3, 0.4) is 0 Å². The number of carbonyl (C=O) groups is 2. The fraction of sp³-hybridized carbons (Fsp3) is 0.156. The summed E-state index contributed by atoms with van der Waals surface area (Å²) < 4.78 is 34.2. The molecule has 1 aliphatic rings. The van der Waals surface area contributed by atoms with Gasteiger partial charge in [0.05, 0.1) is 15.5 Å². The van der Waals surface area contributed by atoms with E-state index in [-0.39, 0.29) is 45.3 Å². The molecule has 2 aromatic heterocycles. The Bertz CT molecular complexity index is 1980. The lowest BCUT2D eigenvalue weighted by atomic mass is 10.1. The van der Waals surface area contributed by atoms with Gasteiger partial charge in [0, 0.05) is 46.6 Å². The van der Waals surface area contributed by atoms with E-state index in [4.69, 9.17) is 16.1 Å². The van der Waals surface area contributed by atoms with E-state index in [1.807, 2.05) is 0 Å². The van der Waals surface area contributed by atoms with Gasteiger partial charge in [-0.25, -0.2) is 13.2 Å². The Morgan fingerprint density at radius 2 is 1.65 bits per heavy atom. The molecule has 3 aromatic carbocycles. The highest BCUT2D eigenvalue weighted by atomic mass is 35.5. The van der Waals surface area contributed by atoms with Gasteiger partial charge in [-0.3, -0.25) is 14.5 Å². The van der Waals surface area contributed by atoms with E-state index in [0.717, 1.165) is 25.7 Å². The van der Waals surface area contributed by atoms with Gasteiger partial charge in [-0.1, -0.05) is 35.7 Å². The van der Waals surface area contributed by atoms with E-state index in [2.05, 4.69) is 35.8 Å². The lowest BCUT2D eigenvalue weighted by Gasteiger charge is -2.13. The molecule has 0 spiro atoms. The molecule has 234 valence electrons. The van der Waals surface area contributed by atoms with Crippen LogP contribution in [0.5, 0.6) is 0 Å². The van der Waals surface area contributed by atoms with Gasteiger partial charge < -0.3 is 20.5 Å². The van der Waals surface area contributed by atoms with Crippen molar-refractivity contribution in [1.29, 1.82) is 0 Å². The molecule has 5 aromatic rings. The Balaban J connectivity index is 1.11. The third-order valence-corrected chi connectivity index (χ3v) is 9.00. The minimum atomic E-state index is -3.95. The van der Waals surface area contributed by atoms with E-state index in [9.17, 15) is 18.0 Å². The normalized spacial score (nSPS) is 13.2. The van der Waals surface area contributed by atoms with Crippen LogP contribution in [0.15, 0.2) is 101 Å². The Kier molecular flexibility index (Phi) is 8.94. The highest BCUT2D eigenvalue weighted by Gasteiger charge is 2.19. The maximum Gasteiger partial charge on any atom is 0.319 e. The molecule has 1 fully saturated rings. The van der Waals surface area contributed by atoms with Crippen LogP contribution in [0.25, 0.3) is 22.8 Å². The third kappa shape index (κ3) is 7.33. The monoisotopic (exact) mass is 657 g/mol. The highest BCUT2D eigenvalue weighted by Crippen LogP contribution is 2.31. The smallest absolute Gasteiger partial charge is 0.319 e. The predicted octanol–water partition coefficient (Wildman–Crippen LogP) is 6.57. The molecule has 12 nitrogen and oxygen atoms in total. The second-order valence-corrected chi connectivity index (χ2v) is 12.7. The molecule has 4 N–H and O–H groups in total. The summed E-state index contributed by atoms with van der Waals surface area (Å²) in [7, 11) is -3.95. The summed E-state index contributed by atoms with van der Waals surface area (Å²) in [6, 6.07) is 20.5. The molecular weight excluding hydrogens is 630 g/mol. The fourth-order valence-corrected chi connectivity index (χ4v) is 6.31. The highest BCUT2D eigenvalue weighted by molar-refractivity contribution is 7.92. The molecule has 3 amide bonds. The summed E-state index contributed by atoms with van der Waals surface area (Å²) in [5.41, 5.74) is 2.59. The molecule has 0 aliphatic heterocycles. The Labute approximate surface area is 269 Å². The predicted molar refractivity (Wildman–Crippen MR) is 174 cm³/mol. The molecule has 46 heavy (non-hydrogen) atoms. The van der Waals surface area contributed by atoms with Crippen LogP contribution in [0.2, 0.25) is 5.02 Å². The van der Waals surface area contributed by atoms with Crippen LogP contribution in [-0.2, 0) is 10.0 Å². The number of sulfonamides is 1. The molecule has 0 bridgehead atoms. The lowest BCUT2D eigenvalue weighted by Crippen LogP contribution is -2.36. The zero-order chi connectivity index (χ0) is 32.1. The maximum atomic E-state index is 13.1. The number of benzene rings is 3. The van der Waals surface area contributed by atoms with E-state index < -0.39 is 10.0 Å². The van der Waals surface area contributed by atoms with Crippen LogP contribution in [-0.4, -0.2) is 41.5 Å². The lowest BCUT2D eigenvalue weighted by molar-refractivity contribution is 0.102. The second kappa shape index (κ2) is 13.4. The average Bonchev–Trinajstić information content (AvgIpc) is 3.75. The maximum absolute atomic E-state index is 13.1. The molecule has 1 saturated carbocycles. The van der Waals surface area contributed by atoms with Crippen molar-refractivity contribution in [2.75, 3.05) is 15.4 Å². The largest absolute Gasteiger partial charge is 0.335 e. The van der Waals surface area contributed by atoms with Crippen LogP contribution < -0.4 is 20.7 Å². The first-order valence-corrected chi connectivity index (χ1v) is 16.3. The number of aromatic nitrogens is 3. The number of urea groups is 1. The molecule has 14 heteroatoms. The van der Waals surface area contributed by atoms with Gasteiger partial charge in [0.25, 0.3) is 21.8 Å². The summed E-state index contributed by atoms with van der Waals surface area (Å²) in [6.45, 7) is 0. The van der Waals surface area contributed by atoms with E-state index in [1.165, 1.54) is 30.5 Å². The summed E-state index contributed by atoms with van der Waals surface area (Å²) >= 11 is 6.49. The minimum absolute atomic E-state index is 0.0226. The molecule has 6 rings (SSSR count). The second-order valence-electron chi connectivity index (χ2n) is 10.6. The first-order chi connectivity index (χ1) is 22.2. The summed E-state index contributed by atoms with van der Waals surface area (Å²) in [4.78, 5) is 33.1. The van der Waals surface area contributed by atoms with Crippen molar-refractivity contribution in [2.24, 2.45) is 0 Å². The van der Waals surface area contributed by atoms with Crippen LogP contribution in [0, 0.1) is 0 Å². The summed E-state index contributed by atoms with van der Waals surface area (Å²) in [5.74, 6) is 0.0243. The Morgan fingerprint density at radius 1 is 0.870 bits per heavy atom. The quantitative estimate of drug-likeness (QED) is 0.138. The number of nitrogens with zero attached hydrogens (tertiary/aromatic N) is 3. The van der Waals surface area contributed by atoms with Gasteiger partial charge in [-0.05, 0) is 85.6 Å². The summed E-state index contributed by atoms with van der Waals surface area (Å²) in [6.07, 6.45) is 7.17. The van der Waals surface area contributed by atoms with Crippen molar-refractivity contribution in [3.63, 3.8) is 0 Å². The van der Waals surface area contributed by atoms with Gasteiger partial charge in [-0.2, -0.15) is 4.98 Å². The third-order valence-electron chi connectivity index (χ3n) is 7.29. The van der Waals surface area contributed by atoms with Crippen LogP contribution in [0.4, 0.5) is 21.9 Å². The standard InChI is InChI=1S/C32H28ClN7O5S/c33-28-18-24(35-30(41)21-6-4-16-34-19-21)12-15-27(28)29-38-31(45-39-29)20-5-3-9-25(17-20)40-46(43,44)26-13-10-23(11-14-26)37-32(42)36-22-7-1-2-8-22/h3-6,9-19,22,40H,1-2,7-8H2,(H,35,41)(H2,36,37,42). The Morgan fingerprint density at radius 3 is 2.39 bits per heavy atom. The van der Waals surface area contributed by atoms with Crippen LogP contribution in [0.1, 0.15) is 36.0 Å². The van der Waals surface area contributed by atoms with Crippen molar-refractivity contribution in [3.05, 3.63) is 102 Å². The van der Waals surface area contributed by atoms with Gasteiger partial charge >= 0.3 is 6.03 Å². The number of hydrogen-bond acceptors (Lipinski definition) is 8. The number of halogens is 1. The number of anilines is 3. The average molecular weight is 658 g/mol. The first kappa shape index (κ1) is 30.7. The number of amides is 3. The van der Waals surface area contributed by atoms with Gasteiger partial charge in [-0.15, -0.1) is 0 Å². The van der Waals surface area contributed by atoms with Gasteiger partial charge in [0.15, 0.2) is 0 Å². The first-order valence-electron chi connectivity index (χ1n) is 14.4. The minimum Gasteiger partial charge on any atom is -0.335 e. The molecule has 0 radical (unpaired) electrons. The van der Waals surface area contributed by atoms with Crippen molar-refractivity contribution < 1.29 is 22.5 Å². The molecule has 0 saturated heterocycles. The zero-order valence-electron chi connectivity index (χ0n) is 24.2. The number of hydrogen-bond donors (Lipinski definition) is 4. The fourth-order valence-electron chi connectivity index (χ4n) is 4.99.